The summed E-state index contributed by atoms with van der Waals surface area (Å²) in [5, 5.41) is 0.534. The largest absolute Gasteiger partial charge is 0.308 e. The van der Waals surface area contributed by atoms with Crippen LogP contribution in [0, 0.1) is 0 Å². The molecule has 1 aliphatic heterocycles. The highest BCUT2D eigenvalue weighted by atomic mass is 79.9. The van der Waals surface area contributed by atoms with E-state index in [0.717, 1.165) is 22.1 Å². The first-order valence-corrected chi connectivity index (χ1v) is 11.3. The molecule has 0 aliphatic carbocycles. The summed E-state index contributed by atoms with van der Waals surface area (Å²) in [6, 6.07) is 22.5. The van der Waals surface area contributed by atoms with Gasteiger partial charge in [-0.3, -0.25) is 14.2 Å². The van der Waals surface area contributed by atoms with Gasteiger partial charge < -0.3 is 4.90 Å². The molecule has 3 aromatic carbocycles. The third kappa shape index (κ3) is 3.37. The van der Waals surface area contributed by atoms with E-state index in [1.54, 1.807) is 21.6 Å². The maximum atomic E-state index is 13.5. The van der Waals surface area contributed by atoms with Crippen molar-refractivity contribution in [2.24, 2.45) is 0 Å². The minimum absolute atomic E-state index is 0.0815. The molecule has 0 saturated carbocycles. The number of carbonyl (C=O) groups is 1. The van der Waals surface area contributed by atoms with Crippen LogP contribution in [-0.2, 0) is 4.79 Å². The van der Waals surface area contributed by atoms with Crippen LogP contribution >= 0.6 is 15.9 Å². The van der Waals surface area contributed by atoms with Crippen molar-refractivity contribution < 1.29 is 4.79 Å². The fourth-order valence-electron chi connectivity index (χ4n) is 4.12. The monoisotopic (exact) mass is 485 g/mol. The van der Waals surface area contributed by atoms with E-state index in [2.05, 4.69) is 15.9 Å². The summed E-state index contributed by atoms with van der Waals surface area (Å²) < 4.78 is 2.46. The van der Waals surface area contributed by atoms with Gasteiger partial charge in [0.25, 0.3) is 11.5 Å². The Kier molecular flexibility index (Phi) is 5.23. The highest BCUT2D eigenvalue weighted by Crippen LogP contribution is 2.39. The molecular formula is C26H20BrN3O2. The Morgan fingerprint density at radius 1 is 0.969 bits per heavy atom. The maximum Gasteiger partial charge on any atom is 0.266 e. The van der Waals surface area contributed by atoms with Gasteiger partial charge in [-0.15, -0.1) is 0 Å². The summed E-state index contributed by atoms with van der Waals surface area (Å²) in [5.41, 5.74) is 3.37. The number of hydrogen-bond donors (Lipinski definition) is 0. The molecule has 0 bridgehead atoms. The summed E-state index contributed by atoms with van der Waals surface area (Å²) in [4.78, 5) is 33.4. The van der Waals surface area contributed by atoms with Crippen LogP contribution < -0.4 is 10.5 Å². The Bertz CT molecular complexity index is 1440. The summed E-state index contributed by atoms with van der Waals surface area (Å²) in [6.45, 7) is 2.67. The van der Waals surface area contributed by atoms with Gasteiger partial charge in [-0.25, -0.2) is 4.98 Å². The predicted molar refractivity (Wildman–Crippen MR) is 132 cm³/mol. The van der Waals surface area contributed by atoms with Crippen molar-refractivity contribution in [3.05, 3.63) is 99.0 Å². The number of aromatic nitrogens is 2. The molecule has 6 heteroatoms. The van der Waals surface area contributed by atoms with E-state index < -0.39 is 0 Å². The minimum atomic E-state index is -0.168. The van der Waals surface area contributed by atoms with Gasteiger partial charge in [0.05, 0.1) is 27.9 Å². The van der Waals surface area contributed by atoms with Crippen molar-refractivity contribution in [1.29, 1.82) is 0 Å². The first kappa shape index (κ1) is 20.4. The van der Waals surface area contributed by atoms with Crippen LogP contribution in [0.5, 0.6) is 0 Å². The number of nitrogens with zero attached hydrogens (tertiary/aromatic N) is 3. The highest BCUT2D eigenvalue weighted by Gasteiger charge is 2.32. The van der Waals surface area contributed by atoms with Crippen LogP contribution in [-0.4, -0.2) is 22.0 Å². The molecule has 158 valence electrons. The lowest BCUT2D eigenvalue weighted by Crippen LogP contribution is -2.27. The molecule has 32 heavy (non-hydrogen) atoms. The molecule has 2 heterocycles. The normalized spacial score (nSPS) is 14.4. The number of carbonyl (C=O) groups excluding carboxylic acids is 1. The summed E-state index contributed by atoms with van der Waals surface area (Å²) >= 11 is 3.52. The van der Waals surface area contributed by atoms with Gasteiger partial charge >= 0.3 is 0 Å². The van der Waals surface area contributed by atoms with Gasteiger partial charge in [0.15, 0.2) is 0 Å². The Labute approximate surface area is 193 Å². The lowest BCUT2D eigenvalue weighted by atomic mass is 10.1. The number of amides is 1. The zero-order valence-electron chi connectivity index (χ0n) is 17.5. The summed E-state index contributed by atoms with van der Waals surface area (Å²) in [7, 11) is 0. The van der Waals surface area contributed by atoms with Crippen LogP contribution in [0.2, 0.25) is 0 Å². The van der Waals surface area contributed by atoms with E-state index in [9.17, 15) is 9.59 Å². The second-order valence-electron chi connectivity index (χ2n) is 7.64. The fraction of sp³-hybridized carbons (Fsp3) is 0.115. The summed E-state index contributed by atoms with van der Waals surface area (Å²) in [6.07, 6.45) is 2.58. The van der Waals surface area contributed by atoms with E-state index in [-0.39, 0.29) is 11.5 Å². The van der Waals surface area contributed by atoms with Crippen molar-refractivity contribution in [3.8, 4) is 5.69 Å². The Hall–Kier alpha value is -3.51. The van der Waals surface area contributed by atoms with Crippen LogP contribution in [0.4, 0.5) is 5.69 Å². The highest BCUT2D eigenvalue weighted by molar-refractivity contribution is 9.10. The molecule has 0 fully saturated rings. The van der Waals surface area contributed by atoms with Crippen molar-refractivity contribution in [1.82, 2.24) is 9.55 Å². The molecule has 1 amide bonds. The van der Waals surface area contributed by atoms with E-state index >= 15 is 0 Å². The topological polar surface area (TPSA) is 55.2 Å². The van der Waals surface area contributed by atoms with Crippen molar-refractivity contribution in [2.45, 2.75) is 13.3 Å². The van der Waals surface area contributed by atoms with Crippen molar-refractivity contribution in [2.75, 3.05) is 11.4 Å². The standard InChI is InChI=1S/C26H20BrN3O2/c1-2-14-29-23-13-12-17(27)15-20(23)21(25(29)31)16-24-28-22-11-7-6-10-19(22)26(32)30(24)18-8-4-3-5-9-18/h3-13,15-16H,2,14H2,1H3. The minimum Gasteiger partial charge on any atom is -0.308 e. The maximum absolute atomic E-state index is 13.5. The number of fused-ring (bicyclic) bond motifs is 2. The average molecular weight is 486 g/mol. The van der Waals surface area contributed by atoms with E-state index in [1.165, 1.54) is 0 Å². The average Bonchev–Trinajstić information content (AvgIpc) is 3.05. The van der Waals surface area contributed by atoms with E-state index in [1.807, 2.05) is 73.7 Å². The smallest absolute Gasteiger partial charge is 0.266 e. The Morgan fingerprint density at radius 2 is 1.72 bits per heavy atom. The van der Waals surface area contributed by atoms with E-state index in [4.69, 9.17) is 4.98 Å². The molecule has 1 aromatic heterocycles. The lowest BCUT2D eigenvalue weighted by Gasteiger charge is -2.15. The number of anilines is 1. The first-order valence-electron chi connectivity index (χ1n) is 10.5. The molecular weight excluding hydrogens is 466 g/mol. The second-order valence-corrected chi connectivity index (χ2v) is 8.56. The molecule has 4 aromatic rings. The first-order chi connectivity index (χ1) is 15.6. The molecule has 1 aliphatic rings. The molecule has 0 saturated heterocycles. The molecule has 0 radical (unpaired) electrons. The number of hydrogen-bond acceptors (Lipinski definition) is 3. The van der Waals surface area contributed by atoms with Gasteiger partial charge in [0, 0.05) is 16.6 Å². The molecule has 5 rings (SSSR count). The van der Waals surface area contributed by atoms with E-state index in [0.29, 0.717) is 34.5 Å². The fourth-order valence-corrected chi connectivity index (χ4v) is 4.48. The molecule has 0 atom stereocenters. The van der Waals surface area contributed by atoms with Crippen LogP contribution in [0.3, 0.4) is 0 Å². The van der Waals surface area contributed by atoms with Crippen LogP contribution in [0.15, 0.2) is 82.1 Å². The number of benzene rings is 3. The van der Waals surface area contributed by atoms with Gasteiger partial charge in [-0.2, -0.15) is 0 Å². The number of para-hydroxylation sites is 2. The molecule has 0 spiro atoms. The molecule has 5 nitrogen and oxygen atoms in total. The van der Waals surface area contributed by atoms with Gasteiger partial charge in [0.1, 0.15) is 5.82 Å². The van der Waals surface area contributed by atoms with Crippen molar-refractivity contribution in [3.63, 3.8) is 0 Å². The van der Waals surface area contributed by atoms with Gasteiger partial charge in [0.2, 0.25) is 0 Å². The van der Waals surface area contributed by atoms with Crippen molar-refractivity contribution >= 4 is 50.1 Å². The lowest BCUT2D eigenvalue weighted by molar-refractivity contribution is -0.113. The second kappa shape index (κ2) is 8.20. The van der Waals surface area contributed by atoms with Crippen LogP contribution in [0.25, 0.3) is 28.2 Å². The SMILES string of the molecule is CCCN1C(=O)C(=Cc2nc3ccccc3c(=O)n2-c2ccccc2)c2cc(Br)ccc21. The zero-order valence-corrected chi connectivity index (χ0v) is 19.0. The third-order valence-corrected chi connectivity index (χ3v) is 6.05. The van der Waals surface area contributed by atoms with Gasteiger partial charge in [-0.1, -0.05) is 53.2 Å². The van der Waals surface area contributed by atoms with Gasteiger partial charge in [-0.05, 0) is 55.0 Å². The Balaban J connectivity index is 1.80. The third-order valence-electron chi connectivity index (χ3n) is 5.55. The zero-order chi connectivity index (χ0) is 22.2. The van der Waals surface area contributed by atoms with Crippen LogP contribution in [0.1, 0.15) is 24.7 Å². The molecule has 0 N–H and O–H groups in total. The summed E-state index contributed by atoms with van der Waals surface area (Å²) in [5.74, 6) is 0.342. The number of rotatable bonds is 4. The quantitative estimate of drug-likeness (QED) is 0.361. The number of halogens is 1. The predicted octanol–water partition coefficient (Wildman–Crippen LogP) is 5.45. The Morgan fingerprint density at radius 3 is 2.50 bits per heavy atom. The molecule has 0 unspecified atom stereocenters.